The summed E-state index contributed by atoms with van der Waals surface area (Å²) in [5, 5.41) is 4.05. The second-order valence-electron chi connectivity index (χ2n) is 20.7. The van der Waals surface area contributed by atoms with Crippen molar-refractivity contribution in [2.75, 3.05) is 39.4 Å². The van der Waals surface area contributed by atoms with Crippen LogP contribution in [0.3, 0.4) is 0 Å². The molecule has 0 amide bonds. The Morgan fingerprint density at radius 2 is 1.03 bits per heavy atom. The van der Waals surface area contributed by atoms with Gasteiger partial charge in [-0.2, -0.15) is 19.9 Å². The number of halogens is 3. The van der Waals surface area contributed by atoms with Crippen molar-refractivity contribution in [1.82, 2.24) is 39.7 Å². The molecule has 0 radical (unpaired) electrons. The molecule has 0 unspecified atom stereocenters. The molecule has 0 aliphatic carbocycles. The van der Waals surface area contributed by atoms with Gasteiger partial charge >= 0.3 is 12.0 Å². The number of nitrogens with zero attached hydrogens (tertiary/aromatic N) is 8. The average molecular weight is 979 g/mol. The molecule has 13 heteroatoms. The van der Waals surface area contributed by atoms with E-state index in [4.69, 9.17) is 27.3 Å². The van der Waals surface area contributed by atoms with Crippen molar-refractivity contribution in [2.45, 2.75) is 102 Å². The number of aromatic nitrogens is 6. The lowest BCUT2D eigenvalue weighted by Gasteiger charge is -2.31. The number of hydrogen-bond donors (Lipinski definition) is 0. The molecule has 8 heterocycles. The van der Waals surface area contributed by atoms with E-state index in [0.29, 0.717) is 57.1 Å². The standard InChI is InChI=1S/C30H28F2N4O.C30H29FN4O/c1-4-20-23(31)11-10-19-8-5-9-21(24(19)20)27-25(32)28-22(16-33-27)26(18(2)3)34-29(35-28)37-17-30-12-6-14-36(30)15-7-13-30;1-4-20-9-5-10-21-11-6-12-22(24(20)21)27-25(31)28-23(17-32-27)26(19(2)3)33-29(34-28)36-18-30-13-7-15-35(30)16-8-14-30/h1,5,8-11,16,18H,6-7,12-15,17H2,2-3H3;1,5-6,9-12,17,19H,7-8,13-16,18H2,2-3H3. The van der Waals surface area contributed by atoms with Gasteiger partial charge in [-0.15, -0.1) is 12.8 Å². The molecular formula is C60H57F3N8O2. The van der Waals surface area contributed by atoms with E-state index in [1.807, 2.05) is 70.2 Å². The normalized spacial score (nSPS) is 17.0. The molecule has 0 atom stereocenters. The largest absolute Gasteiger partial charge is 0.461 e. The van der Waals surface area contributed by atoms with Crippen molar-refractivity contribution >= 4 is 43.4 Å². The maximum absolute atomic E-state index is 16.2. The average Bonchev–Trinajstić information content (AvgIpc) is 4.20. The molecule has 73 heavy (non-hydrogen) atoms. The maximum Gasteiger partial charge on any atom is 0.317 e. The highest BCUT2D eigenvalue weighted by Gasteiger charge is 2.46. The van der Waals surface area contributed by atoms with Gasteiger partial charge in [0, 0.05) is 50.6 Å². The van der Waals surface area contributed by atoms with E-state index < -0.39 is 17.5 Å². The van der Waals surface area contributed by atoms with Crippen molar-refractivity contribution in [1.29, 1.82) is 0 Å². The van der Waals surface area contributed by atoms with Gasteiger partial charge in [0.05, 0.1) is 28.0 Å². The number of pyridine rings is 2. The summed E-state index contributed by atoms with van der Waals surface area (Å²) in [4.78, 5) is 32.6. The first-order valence-electron chi connectivity index (χ1n) is 25.6. The lowest BCUT2D eigenvalue weighted by Crippen LogP contribution is -2.43. The Hall–Kier alpha value is -7.19. The Kier molecular flexibility index (Phi) is 12.7. The monoisotopic (exact) mass is 978 g/mol. The minimum absolute atomic E-state index is 0.00668. The van der Waals surface area contributed by atoms with E-state index in [2.05, 4.69) is 46.6 Å². The second-order valence-corrected chi connectivity index (χ2v) is 20.7. The van der Waals surface area contributed by atoms with Crippen LogP contribution in [0.1, 0.15) is 113 Å². The third-order valence-electron chi connectivity index (χ3n) is 15.8. The van der Waals surface area contributed by atoms with E-state index in [0.717, 1.165) is 81.2 Å². The summed E-state index contributed by atoms with van der Waals surface area (Å²) in [5.74, 6) is 3.60. The molecule has 12 rings (SSSR count). The summed E-state index contributed by atoms with van der Waals surface area (Å²) >= 11 is 0. The molecule has 4 aromatic carbocycles. The fourth-order valence-electron chi connectivity index (χ4n) is 12.2. The Bertz CT molecular complexity index is 3540. The molecule has 0 N–H and O–H groups in total. The van der Waals surface area contributed by atoms with Crippen LogP contribution in [0.2, 0.25) is 0 Å². The van der Waals surface area contributed by atoms with Crippen LogP contribution in [0.15, 0.2) is 79.1 Å². The van der Waals surface area contributed by atoms with Gasteiger partial charge in [0.2, 0.25) is 0 Å². The van der Waals surface area contributed by atoms with Gasteiger partial charge in [-0.1, -0.05) is 94.1 Å². The summed E-state index contributed by atoms with van der Waals surface area (Å²) in [6.45, 7) is 13.5. The number of hydrogen-bond acceptors (Lipinski definition) is 10. The maximum atomic E-state index is 16.2. The van der Waals surface area contributed by atoms with Crippen LogP contribution < -0.4 is 9.47 Å². The molecule has 0 spiro atoms. The van der Waals surface area contributed by atoms with Crippen molar-refractivity contribution in [3.63, 3.8) is 0 Å². The molecule has 4 saturated heterocycles. The van der Waals surface area contributed by atoms with Crippen LogP contribution in [0.25, 0.3) is 65.9 Å². The Morgan fingerprint density at radius 1 is 0.575 bits per heavy atom. The zero-order valence-corrected chi connectivity index (χ0v) is 41.7. The number of fused-ring (bicyclic) bond motifs is 6. The predicted molar refractivity (Wildman–Crippen MR) is 281 cm³/mol. The molecule has 4 aromatic heterocycles. The third kappa shape index (κ3) is 8.46. The van der Waals surface area contributed by atoms with Gasteiger partial charge in [0.25, 0.3) is 0 Å². The highest BCUT2D eigenvalue weighted by Crippen LogP contribution is 2.42. The molecule has 0 bridgehead atoms. The topological polar surface area (TPSA) is 102 Å². The van der Waals surface area contributed by atoms with Crippen LogP contribution >= 0.6 is 0 Å². The molecule has 4 aliphatic rings. The quantitative estimate of drug-likeness (QED) is 0.123. The molecule has 4 fully saturated rings. The van der Waals surface area contributed by atoms with Crippen molar-refractivity contribution < 1.29 is 22.6 Å². The van der Waals surface area contributed by atoms with Crippen molar-refractivity contribution in [3.05, 3.63) is 119 Å². The first-order valence-corrected chi connectivity index (χ1v) is 25.6. The zero-order chi connectivity index (χ0) is 50.6. The molecule has 370 valence electrons. The molecular weight excluding hydrogens is 922 g/mol. The lowest BCUT2D eigenvalue weighted by atomic mass is 9.95. The Morgan fingerprint density at radius 3 is 1.48 bits per heavy atom. The predicted octanol–water partition coefficient (Wildman–Crippen LogP) is 12.3. The van der Waals surface area contributed by atoms with Gasteiger partial charge in [-0.25, -0.2) is 13.2 Å². The zero-order valence-electron chi connectivity index (χ0n) is 41.7. The van der Waals surface area contributed by atoms with Crippen LogP contribution in [-0.2, 0) is 0 Å². The third-order valence-corrected chi connectivity index (χ3v) is 15.8. The highest BCUT2D eigenvalue weighted by atomic mass is 19.1. The van der Waals surface area contributed by atoms with Crippen LogP contribution in [0.4, 0.5) is 13.2 Å². The first-order chi connectivity index (χ1) is 35.4. The number of terminal acetylenes is 2. The molecule has 0 saturated carbocycles. The molecule has 4 aliphatic heterocycles. The fourth-order valence-corrected chi connectivity index (χ4v) is 12.2. The fraction of sp³-hybridized carbons (Fsp3) is 0.367. The second kappa shape index (κ2) is 19.3. The number of ether oxygens (including phenoxy) is 2. The van der Waals surface area contributed by atoms with Crippen LogP contribution in [0.5, 0.6) is 12.0 Å². The lowest BCUT2D eigenvalue weighted by molar-refractivity contribution is 0.107. The number of rotatable bonds is 10. The summed E-state index contributed by atoms with van der Waals surface area (Å²) < 4.78 is 59.4. The minimum Gasteiger partial charge on any atom is -0.461 e. The molecule has 8 aromatic rings. The first kappa shape index (κ1) is 48.1. The van der Waals surface area contributed by atoms with E-state index in [1.165, 1.54) is 18.9 Å². The van der Waals surface area contributed by atoms with E-state index in [1.54, 1.807) is 30.6 Å². The smallest absolute Gasteiger partial charge is 0.317 e. The summed E-state index contributed by atoms with van der Waals surface area (Å²) in [6.07, 6.45) is 23.8. The van der Waals surface area contributed by atoms with Gasteiger partial charge in [-0.3, -0.25) is 19.8 Å². The SMILES string of the molecule is C#Cc1c(F)ccc2cccc(-c3ncc4c(C(C)C)nc(OCC56CCCN5CCC6)nc4c3F)c12.C#Cc1cccc2cccc(-c3ncc4c(C(C)C)nc(OCC56CCCN5CCC6)nc4c3F)c12. The molecule has 10 nitrogen and oxygen atoms in total. The number of benzene rings is 4. The van der Waals surface area contributed by atoms with E-state index in [-0.39, 0.29) is 62.9 Å². The van der Waals surface area contributed by atoms with Gasteiger partial charge in [-0.05, 0) is 112 Å². The Balaban J connectivity index is 0.000000157. The van der Waals surface area contributed by atoms with Gasteiger partial charge in [0.15, 0.2) is 11.6 Å². The van der Waals surface area contributed by atoms with Crippen molar-refractivity contribution in [3.8, 4) is 59.2 Å². The summed E-state index contributed by atoms with van der Waals surface area (Å²) in [6, 6.07) is 20.1. The minimum atomic E-state index is -0.604. The summed E-state index contributed by atoms with van der Waals surface area (Å²) in [7, 11) is 0. The van der Waals surface area contributed by atoms with Gasteiger partial charge < -0.3 is 9.47 Å². The summed E-state index contributed by atoms with van der Waals surface area (Å²) in [5.41, 5.74) is 4.03. The van der Waals surface area contributed by atoms with Gasteiger partial charge in [0.1, 0.15) is 41.5 Å². The van der Waals surface area contributed by atoms with E-state index >= 15 is 8.78 Å². The Labute approximate surface area is 423 Å². The van der Waals surface area contributed by atoms with Crippen LogP contribution in [0, 0.1) is 42.1 Å². The highest BCUT2D eigenvalue weighted by molar-refractivity contribution is 6.02. The van der Waals surface area contributed by atoms with E-state index in [9.17, 15) is 4.39 Å². The van der Waals surface area contributed by atoms with Crippen molar-refractivity contribution in [2.24, 2.45) is 0 Å². The van der Waals surface area contributed by atoms with Crippen LogP contribution in [-0.4, -0.2) is 90.2 Å².